The number of para-hydroxylation sites is 1. The summed E-state index contributed by atoms with van der Waals surface area (Å²) in [5.74, 6) is 1.00. The molecule has 0 aromatic heterocycles. The van der Waals surface area contributed by atoms with E-state index in [0.717, 1.165) is 5.01 Å². The molecule has 0 aliphatic carbocycles. The molecule has 4 rings (SSSR count). The lowest BCUT2D eigenvalue weighted by Crippen LogP contribution is -2.62. The Kier molecular flexibility index (Phi) is 7.28. The summed E-state index contributed by atoms with van der Waals surface area (Å²) in [4.78, 5) is 0. The van der Waals surface area contributed by atoms with Crippen LogP contribution in [0.4, 0.5) is 32.0 Å². The first kappa shape index (κ1) is 27.6. The molecule has 1 aliphatic heterocycles. The van der Waals surface area contributed by atoms with Crippen LogP contribution in [0, 0.1) is 0 Å². The Balaban J connectivity index is 1.81. The Morgan fingerprint density at radius 2 is 1.39 bits per heavy atom. The van der Waals surface area contributed by atoms with Crippen molar-refractivity contribution in [2.75, 3.05) is 19.2 Å². The maximum absolute atomic E-state index is 13.7. The highest BCUT2D eigenvalue weighted by molar-refractivity contribution is 6.33. The minimum atomic E-state index is -6.06. The fourth-order valence-electron chi connectivity index (χ4n) is 4.34. The first-order valence-corrected chi connectivity index (χ1v) is 11.5. The van der Waals surface area contributed by atoms with Gasteiger partial charge in [0.25, 0.3) is 5.60 Å². The fourth-order valence-corrected chi connectivity index (χ4v) is 4.57. The van der Waals surface area contributed by atoms with Crippen LogP contribution >= 0.6 is 11.6 Å². The van der Waals surface area contributed by atoms with Crippen molar-refractivity contribution in [3.8, 4) is 22.6 Å². The van der Waals surface area contributed by atoms with Crippen molar-refractivity contribution in [2.45, 2.75) is 30.4 Å². The van der Waals surface area contributed by atoms with Crippen molar-refractivity contribution in [1.29, 1.82) is 0 Å². The number of ether oxygens (including phenoxy) is 2. The molecule has 0 saturated carbocycles. The molecule has 1 heterocycles. The van der Waals surface area contributed by atoms with E-state index in [1.54, 1.807) is 48.5 Å². The predicted octanol–water partition coefficient (Wildman–Crippen LogP) is 7.19. The van der Waals surface area contributed by atoms with Gasteiger partial charge in [-0.05, 0) is 35.4 Å². The van der Waals surface area contributed by atoms with Gasteiger partial charge in [-0.15, -0.1) is 0 Å². The van der Waals surface area contributed by atoms with Crippen LogP contribution in [0.5, 0.6) is 11.5 Å². The van der Waals surface area contributed by atoms with Crippen molar-refractivity contribution in [3.05, 3.63) is 77.3 Å². The van der Waals surface area contributed by atoms with Gasteiger partial charge >= 0.3 is 12.4 Å². The highest BCUT2D eigenvalue weighted by Crippen LogP contribution is 2.49. The number of alkyl halides is 6. The Morgan fingerprint density at radius 1 is 0.842 bits per heavy atom. The van der Waals surface area contributed by atoms with Crippen molar-refractivity contribution >= 4 is 23.0 Å². The van der Waals surface area contributed by atoms with E-state index in [-0.39, 0.29) is 10.7 Å². The summed E-state index contributed by atoms with van der Waals surface area (Å²) in [6.07, 6.45) is -13.0. The molecule has 38 heavy (non-hydrogen) atoms. The van der Waals surface area contributed by atoms with E-state index in [1.165, 1.54) is 32.4 Å². The van der Waals surface area contributed by atoms with Crippen LogP contribution in [0.3, 0.4) is 0 Å². The molecule has 3 aromatic carbocycles. The van der Waals surface area contributed by atoms with Gasteiger partial charge in [-0.1, -0.05) is 54.1 Å². The smallest absolute Gasteiger partial charge is 0.431 e. The second-order valence-corrected chi connectivity index (χ2v) is 8.84. The number of nitrogens with zero attached hydrogens (tertiary/aromatic N) is 2. The SMILES string of the molecule is COc1cccc(OC)c1-c1ccc(C2CC(C(O)(C(F)(F)F)C(F)(F)F)=NN2c2ccccc2Cl)cc1. The highest BCUT2D eigenvalue weighted by Gasteiger charge is 2.74. The summed E-state index contributed by atoms with van der Waals surface area (Å²) in [5, 5.41) is 14.7. The Hall–Kier alpha value is -3.44. The average Bonchev–Trinajstić information content (AvgIpc) is 3.32. The van der Waals surface area contributed by atoms with Crippen molar-refractivity contribution in [1.82, 2.24) is 0 Å². The van der Waals surface area contributed by atoms with E-state index in [9.17, 15) is 31.4 Å². The zero-order valence-corrected chi connectivity index (χ0v) is 20.7. The lowest BCUT2D eigenvalue weighted by atomic mass is 9.89. The summed E-state index contributed by atoms with van der Waals surface area (Å²) < 4.78 is 92.8. The van der Waals surface area contributed by atoms with E-state index < -0.39 is 36.1 Å². The van der Waals surface area contributed by atoms with E-state index >= 15 is 0 Å². The van der Waals surface area contributed by atoms with Crippen molar-refractivity contribution < 1.29 is 40.9 Å². The third kappa shape index (κ3) is 4.64. The molecular formula is C26H21ClF6N2O3. The number of rotatable bonds is 6. The van der Waals surface area contributed by atoms with Gasteiger partial charge in [0.1, 0.15) is 11.5 Å². The third-order valence-electron chi connectivity index (χ3n) is 6.26. The lowest BCUT2D eigenvalue weighted by Gasteiger charge is -2.32. The number of hydrazone groups is 1. The summed E-state index contributed by atoms with van der Waals surface area (Å²) >= 11 is 6.23. The number of halogens is 7. The standard InChI is InChI=1S/C26H21ClF6N2O3/c1-37-20-8-5-9-21(38-2)23(20)16-12-10-15(11-13-16)19-14-22(24(36,25(28,29)30)26(31,32)33)34-35(19)18-7-4-3-6-17(18)27/h3-13,19,36H,14H2,1-2H3. The quantitative estimate of drug-likeness (QED) is 0.325. The number of hydrogen-bond acceptors (Lipinski definition) is 5. The monoisotopic (exact) mass is 558 g/mol. The molecule has 1 aliphatic rings. The molecule has 0 saturated heterocycles. The van der Waals surface area contributed by atoms with Gasteiger partial charge in [0.05, 0.1) is 42.2 Å². The molecule has 5 nitrogen and oxygen atoms in total. The fraction of sp³-hybridized carbons (Fsp3) is 0.269. The van der Waals surface area contributed by atoms with Crippen LogP contribution < -0.4 is 14.5 Å². The molecule has 0 spiro atoms. The number of aliphatic hydroxyl groups is 1. The molecule has 0 bridgehead atoms. The van der Waals surface area contributed by atoms with Crippen LogP contribution in [0.2, 0.25) is 5.02 Å². The van der Waals surface area contributed by atoms with Crippen molar-refractivity contribution in [2.24, 2.45) is 5.10 Å². The maximum atomic E-state index is 13.7. The molecular weight excluding hydrogens is 538 g/mol. The molecule has 1 atom stereocenters. The number of hydrogen-bond donors (Lipinski definition) is 1. The van der Waals surface area contributed by atoms with Crippen molar-refractivity contribution in [3.63, 3.8) is 0 Å². The number of anilines is 1. The molecule has 202 valence electrons. The summed E-state index contributed by atoms with van der Waals surface area (Å²) in [5.41, 5.74) is -4.96. The van der Waals surface area contributed by atoms with E-state index in [2.05, 4.69) is 5.10 Å². The molecule has 1 unspecified atom stereocenters. The zero-order valence-electron chi connectivity index (χ0n) is 19.9. The molecule has 1 N–H and O–H groups in total. The summed E-state index contributed by atoms with van der Waals surface area (Å²) in [7, 11) is 2.96. The molecule has 3 aromatic rings. The third-order valence-corrected chi connectivity index (χ3v) is 6.58. The van der Waals surface area contributed by atoms with Crippen LogP contribution in [0.15, 0.2) is 71.8 Å². The second kappa shape index (κ2) is 10.0. The lowest BCUT2D eigenvalue weighted by molar-refractivity contribution is -0.338. The Morgan fingerprint density at radius 3 is 1.89 bits per heavy atom. The Labute approximate surface area is 218 Å². The summed E-state index contributed by atoms with van der Waals surface area (Å²) in [6, 6.07) is 16.3. The topological polar surface area (TPSA) is 54.3 Å². The van der Waals surface area contributed by atoms with Gasteiger partial charge in [-0.2, -0.15) is 31.4 Å². The first-order valence-electron chi connectivity index (χ1n) is 11.1. The molecule has 0 radical (unpaired) electrons. The Bertz CT molecular complexity index is 1310. The van der Waals surface area contributed by atoms with E-state index in [0.29, 0.717) is 28.2 Å². The van der Waals surface area contributed by atoms with E-state index in [1.807, 2.05) is 0 Å². The van der Waals surface area contributed by atoms with Gasteiger partial charge < -0.3 is 14.6 Å². The number of methoxy groups -OCH3 is 2. The second-order valence-electron chi connectivity index (χ2n) is 8.43. The van der Waals surface area contributed by atoms with Gasteiger partial charge in [0.15, 0.2) is 0 Å². The molecule has 12 heteroatoms. The van der Waals surface area contributed by atoms with Gasteiger partial charge in [-0.25, -0.2) is 0 Å². The number of benzene rings is 3. The van der Waals surface area contributed by atoms with Crippen LogP contribution in [-0.4, -0.2) is 43.0 Å². The van der Waals surface area contributed by atoms with Crippen LogP contribution in [0.25, 0.3) is 11.1 Å². The minimum Gasteiger partial charge on any atom is -0.496 e. The predicted molar refractivity (Wildman–Crippen MR) is 131 cm³/mol. The van der Waals surface area contributed by atoms with Crippen LogP contribution in [0.1, 0.15) is 18.0 Å². The zero-order chi connectivity index (χ0) is 27.9. The summed E-state index contributed by atoms with van der Waals surface area (Å²) in [6.45, 7) is 0. The van der Waals surface area contributed by atoms with Gasteiger partial charge in [0.2, 0.25) is 0 Å². The minimum absolute atomic E-state index is 0.0560. The maximum Gasteiger partial charge on any atom is 0.431 e. The average molecular weight is 559 g/mol. The normalized spacial score (nSPS) is 16.4. The largest absolute Gasteiger partial charge is 0.496 e. The van der Waals surface area contributed by atoms with E-state index in [4.69, 9.17) is 21.1 Å². The molecule has 0 fully saturated rings. The van der Waals surface area contributed by atoms with Gasteiger partial charge in [0, 0.05) is 6.42 Å². The van der Waals surface area contributed by atoms with Crippen LogP contribution in [-0.2, 0) is 0 Å². The van der Waals surface area contributed by atoms with Gasteiger partial charge in [-0.3, -0.25) is 5.01 Å². The highest BCUT2D eigenvalue weighted by atomic mass is 35.5. The first-order chi connectivity index (χ1) is 17.8. The molecule has 0 amide bonds.